The molecule has 1 heterocycles. The van der Waals surface area contributed by atoms with Crippen LogP contribution in [0.4, 0.5) is 11.4 Å². The lowest BCUT2D eigenvalue weighted by molar-refractivity contribution is -0.118. The van der Waals surface area contributed by atoms with E-state index in [0.717, 1.165) is 15.6 Å². The smallest absolute Gasteiger partial charge is 0.226 e. The second-order valence-electron chi connectivity index (χ2n) is 7.14. The second kappa shape index (κ2) is 9.20. The largest absolute Gasteiger partial charge is 0.326 e. The first-order chi connectivity index (χ1) is 14.1. The Kier molecular flexibility index (Phi) is 7.04. The third-order valence-corrected chi connectivity index (χ3v) is 8.56. The van der Waals surface area contributed by atoms with Crippen molar-refractivity contribution in [3.05, 3.63) is 50.4 Å². The van der Waals surface area contributed by atoms with Crippen molar-refractivity contribution >= 4 is 64.9 Å². The van der Waals surface area contributed by atoms with Gasteiger partial charge in [0.2, 0.25) is 11.8 Å². The zero-order valence-corrected chi connectivity index (χ0v) is 20.7. The van der Waals surface area contributed by atoms with Gasteiger partial charge >= 0.3 is 0 Å². The maximum Gasteiger partial charge on any atom is 0.226 e. The Hall–Kier alpha value is -1.71. The molecule has 30 heavy (non-hydrogen) atoms. The van der Waals surface area contributed by atoms with Gasteiger partial charge in [-0.2, -0.15) is 0 Å². The number of carbonyl (C=O) groups excluding carboxylic acids is 2. The molecule has 3 rings (SSSR count). The third-order valence-electron chi connectivity index (χ3n) is 5.01. The number of hydrogen-bond acceptors (Lipinski definition) is 4. The number of rotatable bonds is 6. The van der Waals surface area contributed by atoms with Crippen LogP contribution in [0.5, 0.6) is 0 Å². The fourth-order valence-electron chi connectivity index (χ4n) is 3.36. The highest BCUT2D eigenvalue weighted by Gasteiger charge is 2.28. The third kappa shape index (κ3) is 4.95. The normalized spacial score (nSPS) is 13.3. The van der Waals surface area contributed by atoms with Crippen LogP contribution in [0, 0.1) is 6.92 Å². The molecule has 2 aromatic rings. The molecule has 1 N–H and O–H groups in total. The van der Waals surface area contributed by atoms with Crippen molar-refractivity contribution < 1.29 is 18.0 Å². The summed E-state index contributed by atoms with van der Waals surface area (Å²) in [6, 6.07) is 8.70. The van der Waals surface area contributed by atoms with Gasteiger partial charge in [-0.25, -0.2) is 8.42 Å². The molecule has 160 valence electrons. The first-order valence-corrected chi connectivity index (χ1v) is 12.8. The van der Waals surface area contributed by atoms with Crippen LogP contribution >= 0.6 is 31.9 Å². The van der Waals surface area contributed by atoms with Crippen LogP contribution in [0.3, 0.4) is 0 Å². The Balaban J connectivity index is 1.75. The summed E-state index contributed by atoms with van der Waals surface area (Å²) in [5.74, 6) is -0.739. The molecule has 0 aliphatic carbocycles. The zero-order valence-electron chi connectivity index (χ0n) is 16.7. The van der Waals surface area contributed by atoms with Gasteiger partial charge in [0.15, 0.2) is 9.84 Å². The molecule has 1 aliphatic heterocycles. The molecule has 0 saturated heterocycles. The van der Waals surface area contributed by atoms with Crippen LogP contribution in [0.2, 0.25) is 0 Å². The predicted molar refractivity (Wildman–Crippen MR) is 125 cm³/mol. The van der Waals surface area contributed by atoms with Crippen molar-refractivity contribution in [2.45, 2.75) is 38.0 Å². The molecule has 0 spiro atoms. The number of halogens is 2. The first-order valence-electron chi connectivity index (χ1n) is 9.54. The van der Waals surface area contributed by atoms with Crippen LogP contribution in [0.15, 0.2) is 44.2 Å². The minimum absolute atomic E-state index is 0.0383. The molecule has 0 fully saturated rings. The lowest BCUT2D eigenvalue weighted by Crippen LogP contribution is -2.28. The van der Waals surface area contributed by atoms with Gasteiger partial charge in [0.25, 0.3) is 0 Å². The summed E-state index contributed by atoms with van der Waals surface area (Å²) in [6.45, 7) is 4.23. The van der Waals surface area contributed by atoms with Gasteiger partial charge in [-0.1, -0.05) is 22.9 Å². The number of aryl methyl sites for hydroxylation is 1. The molecule has 9 heteroatoms. The quantitative estimate of drug-likeness (QED) is 0.561. The lowest BCUT2D eigenvalue weighted by atomic mass is 10.2. The standard InChI is InChI=1S/C21H22Br2N2O4S/c1-3-21(27)25-8-6-14-11-17(23)19(12-18(14)25)30(28,29)9-7-20(26)24-15-4-5-16(22)13(2)10-15/h4-5,10-12H,3,6-9H2,1-2H3,(H,24,26). The van der Waals surface area contributed by atoms with Gasteiger partial charge in [-0.3, -0.25) is 9.59 Å². The number of benzene rings is 2. The molecule has 0 atom stereocenters. The van der Waals surface area contributed by atoms with E-state index in [9.17, 15) is 18.0 Å². The van der Waals surface area contributed by atoms with Crippen molar-refractivity contribution in [3.63, 3.8) is 0 Å². The molecule has 0 unspecified atom stereocenters. The van der Waals surface area contributed by atoms with E-state index in [0.29, 0.717) is 35.2 Å². The Labute approximate surface area is 193 Å². The van der Waals surface area contributed by atoms with Gasteiger partial charge < -0.3 is 10.2 Å². The van der Waals surface area contributed by atoms with Crippen LogP contribution in [-0.4, -0.2) is 32.5 Å². The average Bonchev–Trinajstić information content (AvgIpc) is 3.10. The monoisotopic (exact) mass is 556 g/mol. The van der Waals surface area contributed by atoms with Gasteiger partial charge in [-0.15, -0.1) is 0 Å². The Morgan fingerprint density at radius 3 is 2.53 bits per heavy atom. The van der Waals surface area contributed by atoms with E-state index in [1.807, 2.05) is 19.1 Å². The van der Waals surface area contributed by atoms with E-state index in [1.54, 1.807) is 30.0 Å². The minimum Gasteiger partial charge on any atom is -0.326 e. The van der Waals surface area contributed by atoms with Gasteiger partial charge in [0.1, 0.15) is 0 Å². The maximum absolute atomic E-state index is 12.9. The number of fused-ring (bicyclic) bond motifs is 1. The van der Waals surface area contributed by atoms with Crippen molar-refractivity contribution in [1.82, 2.24) is 0 Å². The zero-order chi connectivity index (χ0) is 22.1. The summed E-state index contributed by atoms with van der Waals surface area (Å²) in [4.78, 5) is 26.2. The molecule has 0 saturated carbocycles. The molecule has 0 bridgehead atoms. The molecule has 2 amide bonds. The van der Waals surface area contributed by atoms with Gasteiger partial charge in [0.05, 0.1) is 10.6 Å². The molecule has 0 radical (unpaired) electrons. The van der Waals surface area contributed by atoms with Crippen LogP contribution in [0.1, 0.15) is 30.9 Å². The lowest BCUT2D eigenvalue weighted by Gasteiger charge is -2.18. The minimum atomic E-state index is -3.72. The number of anilines is 2. The SMILES string of the molecule is CCC(=O)N1CCc2cc(Br)c(S(=O)(=O)CCC(=O)Nc3ccc(Br)c(C)c3)cc21. The Bertz CT molecular complexity index is 1120. The maximum atomic E-state index is 12.9. The number of amides is 2. The number of sulfone groups is 1. The number of nitrogens with zero attached hydrogens (tertiary/aromatic N) is 1. The molecule has 0 aromatic heterocycles. The Morgan fingerprint density at radius 1 is 1.13 bits per heavy atom. The van der Waals surface area contributed by atoms with Crippen LogP contribution < -0.4 is 10.2 Å². The fourth-order valence-corrected chi connectivity index (χ4v) is 6.06. The topological polar surface area (TPSA) is 83.6 Å². The van der Waals surface area contributed by atoms with Crippen molar-refractivity contribution in [1.29, 1.82) is 0 Å². The van der Waals surface area contributed by atoms with Crippen molar-refractivity contribution in [2.24, 2.45) is 0 Å². The summed E-state index contributed by atoms with van der Waals surface area (Å²) >= 11 is 6.75. The van der Waals surface area contributed by atoms with Gasteiger partial charge in [-0.05, 0) is 70.7 Å². The number of hydrogen-bond donors (Lipinski definition) is 1. The van der Waals surface area contributed by atoms with E-state index < -0.39 is 9.84 Å². The second-order valence-corrected chi connectivity index (χ2v) is 10.9. The van der Waals surface area contributed by atoms with Crippen molar-refractivity contribution in [2.75, 3.05) is 22.5 Å². The first kappa shape index (κ1) is 23.0. The summed E-state index contributed by atoms with van der Waals surface area (Å²) < 4.78 is 27.3. The molecular formula is C21H22Br2N2O4S. The molecule has 6 nitrogen and oxygen atoms in total. The summed E-state index contributed by atoms with van der Waals surface area (Å²) in [5.41, 5.74) is 3.16. The van der Waals surface area contributed by atoms with E-state index in [-0.39, 0.29) is 28.9 Å². The number of nitrogens with one attached hydrogen (secondary N) is 1. The molecule has 1 aliphatic rings. The summed E-state index contributed by atoms with van der Waals surface area (Å²) in [7, 11) is -3.72. The summed E-state index contributed by atoms with van der Waals surface area (Å²) in [5, 5.41) is 2.73. The Morgan fingerprint density at radius 2 is 1.87 bits per heavy atom. The fraction of sp³-hybridized carbons (Fsp3) is 0.333. The molecule has 2 aromatic carbocycles. The van der Waals surface area contributed by atoms with E-state index >= 15 is 0 Å². The van der Waals surface area contributed by atoms with E-state index in [2.05, 4.69) is 37.2 Å². The van der Waals surface area contributed by atoms with Gasteiger partial charge in [0, 0.05) is 39.7 Å². The van der Waals surface area contributed by atoms with Crippen molar-refractivity contribution in [3.8, 4) is 0 Å². The highest BCUT2D eigenvalue weighted by molar-refractivity contribution is 9.10. The van der Waals surface area contributed by atoms with Crippen LogP contribution in [0.25, 0.3) is 0 Å². The van der Waals surface area contributed by atoms with E-state index in [4.69, 9.17) is 0 Å². The summed E-state index contributed by atoms with van der Waals surface area (Å²) in [6.07, 6.45) is 0.876. The molecular weight excluding hydrogens is 536 g/mol. The highest BCUT2D eigenvalue weighted by atomic mass is 79.9. The number of carbonyl (C=O) groups is 2. The highest BCUT2D eigenvalue weighted by Crippen LogP contribution is 2.36. The van der Waals surface area contributed by atoms with Crippen LogP contribution in [-0.2, 0) is 25.8 Å². The van der Waals surface area contributed by atoms with E-state index in [1.165, 1.54) is 0 Å². The predicted octanol–water partition coefficient (Wildman–Crippen LogP) is 4.62. The average molecular weight is 558 g/mol.